The van der Waals surface area contributed by atoms with Crippen LogP contribution < -0.4 is 4.90 Å². The van der Waals surface area contributed by atoms with E-state index in [1.165, 1.54) is 33.0 Å². The van der Waals surface area contributed by atoms with Crippen molar-refractivity contribution in [2.45, 2.75) is 0 Å². The largest absolute Gasteiger partial charge is 0.456 e. The summed E-state index contributed by atoms with van der Waals surface area (Å²) in [6.45, 7) is 0. The monoisotopic (exact) mass is 537 g/mol. The summed E-state index contributed by atoms with van der Waals surface area (Å²) in [5.74, 6) is 0. The highest BCUT2D eigenvalue weighted by molar-refractivity contribution is 6.23. The number of benzene rings is 7. The smallest absolute Gasteiger partial charge is 0.137 e. The number of fused-ring (bicyclic) bond motifs is 5. The molecule has 0 aliphatic heterocycles. The zero-order chi connectivity index (χ0) is 27.9. The summed E-state index contributed by atoms with van der Waals surface area (Å²) in [7, 11) is 0. The number of hydrogen-bond acceptors (Lipinski definition) is 2. The first-order chi connectivity index (χ1) is 20.8. The zero-order valence-electron chi connectivity index (χ0n) is 22.9. The Balaban J connectivity index is 1.30. The van der Waals surface area contributed by atoms with E-state index in [0.29, 0.717) is 0 Å². The Bertz CT molecular complexity index is 2160. The van der Waals surface area contributed by atoms with E-state index < -0.39 is 0 Å². The molecule has 0 saturated carbocycles. The van der Waals surface area contributed by atoms with Gasteiger partial charge in [-0.2, -0.15) is 0 Å². The molecule has 1 aromatic heterocycles. The second-order valence-corrected chi connectivity index (χ2v) is 10.6. The Labute approximate surface area is 244 Å². The van der Waals surface area contributed by atoms with E-state index in [9.17, 15) is 0 Å². The fourth-order valence-electron chi connectivity index (χ4n) is 6.09. The van der Waals surface area contributed by atoms with Crippen LogP contribution in [0.15, 0.2) is 168 Å². The molecule has 7 aromatic carbocycles. The molecule has 1 heterocycles. The molecule has 2 nitrogen and oxygen atoms in total. The first-order valence-corrected chi connectivity index (χ1v) is 14.3. The van der Waals surface area contributed by atoms with E-state index in [2.05, 4.69) is 169 Å². The molecule has 8 aromatic rings. The van der Waals surface area contributed by atoms with E-state index in [1.807, 2.05) is 0 Å². The highest BCUT2D eigenvalue weighted by atomic mass is 16.3. The van der Waals surface area contributed by atoms with Crippen LogP contribution in [0.25, 0.3) is 55.0 Å². The molecule has 0 aliphatic carbocycles. The predicted octanol–water partition coefficient (Wildman–Crippen LogP) is 11.5. The molecule has 0 N–H and O–H groups in total. The molecule has 0 aliphatic rings. The lowest BCUT2D eigenvalue weighted by Crippen LogP contribution is -2.09. The molecule has 2 heteroatoms. The maximum Gasteiger partial charge on any atom is 0.137 e. The van der Waals surface area contributed by atoms with Gasteiger partial charge in [-0.1, -0.05) is 115 Å². The molecule has 8 rings (SSSR count). The van der Waals surface area contributed by atoms with E-state index in [-0.39, 0.29) is 0 Å². The van der Waals surface area contributed by atoms with Gasteiger partial charge in [-0.25, -0.2) is 0 Å². The third-order valence-corrected chi connectivity index (χ3v) is 8.05. The second-order valence-electron chi connectivity index (χ2n) is 10.6. The van der Waals surface area contributed by atoms with Crippen LogP contribution in [0.4, 0.5) is 17.1 Å². The van der Waals surface area contributed by atoms with Gasteiger partial charge in [-0.3, -0.25) is 0 Å². The van der Waals surface area contributed by atoms with Gasteiger partial charge in [-0.05, 0) is 70.1 Å². The summed E-state index contributed by atoms with van der Waals surface area (Å²) in [5, 5.41) is 4.71. The maximum atomic E-state index is 6.56. The molecule has 0 radical (unpaired) electrons. The van der Waals surface area contributed by atoms with E-state index in [1.54, 1.807) is 0 Å². The van der Waals surface area contributed by atoms with Gasteiger partial charge < -0.3 is 9.32 Å². The van der Waals surface area contributed by atoms with Gasteiger partial charge in [0.05, 0.1) is 0 Å². The lowest BCUT2D eigenvalue weighted by atomic mass is 9.94. The Kier molecular flexibility index (Phi) is 5.82. The third kappa shape index (κ3) is 4.13. The number of para-hydroxylation sites is 1. The van der Waals surface area contributed by atoms with E-state index >= 15 is 0 Å². The first-order valence-electron chi connectivity index (χ1n) is 14.3. The standard InChI is InChI=1S/C40H27NO/c1-4-11-28(12-5-1)29-19-22-33(23-20-29)41(32-16-8-3-9-17-32)34-24-25-36-38(27-34)42-37-26-21-31-15-10-18-35(39(31)40(36)37)30-13-6-2-7-14-30/h1-27H. The lowest BCUT2D eigenvalue weighted by molar-refractivity contribution is 0.669. The predicted molar refractivity (Wildman–Crippen MR) is 177 cm³/mol. The van der Waals surface area contributed by atoms with Crippen LogP contribution >= 0.6 is 0 Å². The minimum absolute atomic E-state index is 0.875. The van der Waals surface area contributed by atoms with Crippen LogP contribution in [0.5, 0.6) is 0 Å². The number of furan rings is 1. The van der Waals surface area contributed by atoms with Crippen LogP contribution in [-0.4, -0.2) is 0 Å². The highest BCUT2D eigenvalue weighted by Crippen LogP contribution is 2.42. The van der Waals surface area contributed by atoms with E-state index in [0.717, 1.165) is 39.0 Å². The van der Waals surface area contributed by atoms with E-state index in [4.69, 9.17) is 4.42 Å². The number of rotatable bonds is 5. The number of anilines is 3. The van der Waals surface area contributed by atoms with Gasteiger partial charge in [0.25, 0.3) is 0 Å². The van der Waals surface area contributed by atoms with Crippen molar-refractivity contribution in [1.29, 1.82) is 0 Å². The molecule has 0 saturated heterocycles. The van der Waals surface area contributed by atoms with Crippen molar-refractivity contribution in [3.8, 4) is 22.3 Å². The second kappa shape index (κ2) is 10.1. The molecule has 42 heavy (non-hydrogen) atoms. The highest BCUT2D eigenvalue weighted by Gasteiger charge is 2.18. The summed E-state index contributed by atoms with van der Waals surface area (Å²) in [6, 6.07) is 57.8. The summed E-state index contributed by atoms with van der Waals surface area (Å²) in [6.07, 6.45) is 0. The molecule has 0 atom stereocenters. The molecule has 0 bridgehead atoms. The Morgan fingerprint density at radius 1 is 0.381 bits per heavy atom. The van der Waals surface area contributed by atoms with Gasteiger partial charge in [-0.15, -0.1) is 0 Å². The Morgan fingerprint density at radius 2 is 1.00 bits per heavy atom. The quantitative estimate of drug-likeness (QED) is 0.217. The van der Waals surface area contributed by atoms with Gasteiger partial charge in [0.15, 0.2) is 0 Å². The molecule has 0 amide bonds. The first kappa shape index (κ1) is 24.2. The molecular formula is C40H27NO. The van der Waals surface area contributed by atoms with Crippen LogP contribution in [-0.2, 0) is 0 Å². The summed E-state index contributed by atoms with van der Waals surface area (Å²) in [4.78, 5) is 2.29. The molecule has 198 valence electrons. The van der Waals surface area contributed by atoms with Crippen LogP contribution in [0, 0.1) is 0 Å². The summed E-state index contributed by atoms with van der Waals surface area (Å²) < 4.78 is 6.56. The third-order valence-electron chi connectivity index (χ3n) is 8.05. The van der Waals surface area contributed by atoms with Gasteiger partial charge in [0, 0.05) is 39.3 Å². The fraction of sp³-hybridized carbons (Fsp3) is 0. The minimum atomic E-state index is 0.875. The molecule has 0 unspecified atom stereocenters. The van der Waals surface area contributed by atoms with Crippen molar-refractivity contribution in [2.75, 3.05) is 4.90 Å². The molecular weight excluding hydrogens is 510 g/mol. The van der Waals surface area contributed by atoms with Crippen molar-refractivity contribution in [3.05, 3.63) is 164 Å². The SMILES string of the molecule is c1ccc(-c2ccc(N(c3ccccc3)c3ccc4c(c3)oc3ccc5cccc(-c6ccccc6)c5c34)cc2)cc1. The van der Waals surface area contributed by atoms with Crippen LogP contribution in [0.1, 0.15) is 0 Å². The topological polar surface area (TPSA) is 16.4 Å². The van der Waals surface area contributed by atoms with Crippen molar-refractivity contribution in [3.63, 3.8) is 0 Å². The minimum Gasteiger partial charge on any atom is -0.456 e. The lowest BCUT2D eigenvalue weighted by Gasteiger charge is -2.25. The normalized spacial score (nSPS) is 11.3. The van der Waals surface area contributed by atoms with Crippen molar-refractivity contribution < 1.29 is 4.42 Å². The maximum absolute atomic E-state index is 6.56. The molecule has 0 spiro atoms. The average Bonchev–Trinajstić information content (AvgIpc) is 3.44. The fourth-order valence-corrected chi connectivity index (χ4v) is 6.09. The van der Waals surface area contributed by atoms with Crippen molar-refractivity contribution >= 4 is 49.8 Å². The van der Waals surface area contributed by atoms with Crippen molar-refractivity contribution in [2.24, 2.45) is 0 Å². The molecule has 0 fully saturated rings. The van der Waals surface area contributed by atoms with Gasteiger partial charge in [0.1, 0.15) is 11.2 Å². The van der Waals surface area contributed by atoms with Crippen LogP contribution in [0.2, 0.25) is 0 Å². The number of hydrogen-bond donors (Lipinski definition) is 0. The average molecular weight is 538 g/mol. The van der Waals surface area contributed by atoms with Gasteiger partial charge in [0.2, 0.25) is 0 Å². The zero-order valence-corrected chi connectivity index (χ0v) is 22.9. The van der Waals surface area contributed by atoms with Crippen LogP contribution in [0.3, 0.4) is 0 Å². The van der Waals surface area contributed by atoms with Gasteiger partial charge >= 0.3 is 0 Å². The Morgan fingerprint density at radius 3 is 1.74 bits per heavy atom. The Hall–Kier alpha value is -5.60. The summed E-state index contributed by atoms with van der Waals surface area (Å²) in [5.41, 5.74) is 9.84. The van der Waals surface area contributed by atoms with Crippen molar-refractivity contribution in [1.82, 2.24) is 0 Å². The number of nitrogens with zero attached hydrogens (tertiary/aromatic N) is 1. The summed E-state index contributed by atoms with van der Waals surface area (Å²) >= 11 is 0.